The van der Waals surface area contributed by atoms with E-state index in [4.69, 9.17) is 109 Å². The van der Waals surface area contributed by atoms with Crippen molar-refractivity contribution in [2.45, 2.75) is 155 Å². The highest BCUT2D eigenvalue weighted by atomic mass is 35.5. The van der Waals surface area contributed by atoms with Crippen molar-refractivity contribution < 1.29 is 213 Å². The topological polar surface area (TPSA) is 835 Å². The summed E-state index contributed by atoms with van der Waals surface area (Å²) < 4.78 is 246. The molecule has 822 valence electrons. The summed E-state index contributed by atoms with van der Waals surface area (Å²) in [6.07, 6.45) is -25.5. The number of aryl methyl sites for hydroxylation is 2. The van der Waals surface area contributed by atoms with Gasteiger partial charge in [-0.25, -0.2) is 28.0 Å². The number of aromatic nitrogens is 11. The number of para-hydroxylation sites is 2. The Hall–Kier alpha value is -8.14. The van der Waals surface area contributed by atoms with E-state index < -0.39 is 278 Å². The molecular weight excluding hydrogens is 2290 g/mol. The van der Waals surface area contributed by atoms with Crippen LogP contribution < -0.4 is 45.0 Å². The first-order valence-electron chi connectivity index (χ1n) is 41.2. The van der Waals surface area contributed by atoms with E-state index in [-0.39, 0.29) is 41.9 Å². The Kier molecular flexibility index (Phi) is 37.2. The highest BCUT2D eigenvalue weighted by Gasteiger charge is 2.68. The minimum Gasteiger partial charge on any atom is -0.387 e. The molecule has 4 fully saturated rings. The van der Waals surface area contributed by atoms with E-state index in [1.165, 1.54) is 18.2 Å². The lowest BCUT2D eigenvalue weighted by atomic mass is 10.1. The van der Waals surface area contributed by atoms with Crippen LogP contribution >= 0.6 is 107 Å². The van der Waals surface area contributed by atoms with Crippen molar-refractivity contribution in [2.75, 3.05) is 26.4 Å². The molecule has 4 aliphatic rings. The number of fused-ring (bicyclic) bond motifs is 2. The number of aliphatic hydroxyl groups is 8. The standard InChI is InChI=1S/C19H22F2N4O11P2.2C18H20Cl2F2N2O11P2.C18H19F2N3O12P2/c1-23-12-5-3-2-4-10(12)11(22-23)8-25-14(26)6-7-24(18(25)29)17-16(28)15(27)13(36-17)9-35-38(33,34)19(20,21)37(30,31)32;19-18(20,36(29,30)31)37(32,33)34-8-12-14(26)15(27)16(35-12)24-6-4-13(25)23(17(24)28)5-3-9-1-2-10(21)7-11(9)22;19-18(20,36(29,30)31)37(32,33)34-8-11-13(26)14(27)15(35-11)23-7-6-12(25)24(16(23)28)9-17(21,22)10-4-2-1-3-5-10;19-18(20,36(28,29)30)37(31,32)33-8-12-14(25)15(26)16(34-12)22-6-5-13(24)23(17(22)27)7-10-9-3-1-2-4-11(9)35-21-10/h2-7,13,15-17,27-28H,8-9H2,1H3,(H,33,34)(H2,30,31,32);1-2,4,6-7,12,14-16,26-27H,3,5,8H2,(H,32,33)(H2,29,30,31);1-7,11,13-15,26-27H,8-9H2,(H,32,33)(H2,29,30,31);1-6,12,14-16,25-26H,7-8H2,(H,31,32)(H2,28,29,30)/t13-,15+,16?,17-;12-,14+,15?,16-;11-,13+,14?,15-;12-,14+,15?,16-/m1111/s1. The first-order chi connectivity index (χ1) is 68.6. The Balaban J connectivity index is 0.000000189. The molecule has 14 rings (SSSR count). The van der Waals surface area contributed by atoms with Crippen molar-refractivity contribution >= 4 is 129 Å². The molecule has 20 N–H and O–H groups in total. The lowest BCUT2D eigenvalue weighted by Gasteiger charge is -2.26. The van der Waals surface area contributed by atoms with Crippen LogP contribution in [0.25, 0.3) is 21.9 Å². The Morgan fingerprint density at radius 2 is 0.718 bits per heavy atom. The number of ether oxygens (including phenoxy) is 4. The zero-order valence-electron chi connectivity index (χ0n) is 74.1. The van der Waals surface area contributed by atoms with Crippen LogP contribution in [0.5, 0.6) is 0 Å². The smallest absolute Gasteiger partial charge is 0.387 e. The van der Waals surface area contributed by atoms with Crippen LogP contribution in [0, 0.1) is 11.6 Å². The van der Waals surface area contributed by atoms with Gasteiger partial charge in [0.1, 0.15) is 90.6 Å². The number of rotatable bonds is 34. The summed E-state index contributed by atoms with van der Waals surface area (Å²) in [6.45, 7) is -7.13. The van der Waals surface area contributed by atoms with E-state index in [0.717, 1.165) is 97.1 Å². The molecule has 56 nitrogen and oxygen atoms in total. The molecule has 0 bridgehead atoms. The second-order valence-corrected chi connectivity index (χ2v) is 52.9. The van der Waals surface area contributed by atoms with Crippen LogP contribution in [0.2, 0.25) is 0 Å². The molecule has 0 spiro atoms. The lowest BCUT2D eigenvalue weighted by Crippen LogP contribution is -2.45. The fourth-order valence-corrected chi connectivity index (χ4v) is 22.8. The SMILES string of the molecule is Cn1nc(Cn2c(=O)ccn([C@@H]3O[C@H](COP(=O)(O)C(F)(F)P(=O)(O)O)[C@H](O)C3O)c2=O)c2ccccc21.O=c1ccn([C@@H]2O[C@H](COP(=O)(O)C(Cl)(Cl)P(=O)(O)O)[C@H](O)C2O)c(=O)n1CC(F)(F)c1ccccc1.O=c1ccn([C@@H]2O[C@H](COP(=O)(O)C(Cl)(Cl)P(=O)(O)O)[C@H](O)C2O)c(=O)n1CCc1ccc(F)cc1F.O=c1ccn([C@@H]2O[C@H](COP(=O)(O)C(F)(F)P(=O)(O)O)[C@H](O)C2O)c(=O)n1Cc1noc2ccccc12. The van der Waals surface area contributed by atoms with Crippen LogP contribution in [0.15, 0.2) is 189 Å². The predicted molar refractivity (Wildman–Crippen MR) is 487 cm³/mol. The van der Waals surface area contributed by atoms with Crippen molar-refractivity contribution in [3.05, 3.63) is 264 Å². The van der Waals surface area contributed by atoms with Crippen molar-refractivity contribution in [3.63, 3.8) is 0 Å². The van der Waals surface area contributed by atoms with Crippen LogP contribution in [0.3, 0.4) is 0 Å². The molecule has 149 heavy (non-hydrogen) atoms. The molecule has 0 amide bonds. The van der Waals surface area contributed by atoms with Crippen molar-refractivity contribution in [1.29, 1.82) is 0 Å². The molecule has 76 heteroatoms. The number of nitrogens with zero attached hydrogens (tertiary/aromatic N) is 11. The molecule has 0 radical (unpaired) electrons. The van der Waals surface area contributed by atoms with Crippen LogP contribution in [-0.4, -0.2) is 269 Å². The summed E-state index contributed by atoms with van der Waals surface area (Å²) in [7, 11) is -45.8. The average Bonchev–Trinajstić information content (AvgIpc) is 1.55. The van der Waals surface area contributed by atoms with E-state index >= 15 is 0 Å². The summed E-state index contributed by atoms with van der Waals surface area (Å²) in [4.78, 5) is 211. The van der Waals surface area contributed by atoms with Gasteiger partial charge in [-0.2, -0.15) is 31.4 Å². The Morgan fingerprint density at radius 1 is 0.389 bits per heavy atom. The summed E-state index contributed by atoms with van der Waals surface area (Å²) in [5, 5.41) is 81.0. The molecule has 20 atom stereocenters. The molecule has 4 aromatic carbocycles. The van der Waals surface area contributed by atoms with Crippen LogP contribution in [-0.2, 0) is 119 Å². The number of halogens is 12. The normalized spacial score (nSPS) is 24.4. The second-order valence-electron chi connectivity index (χ2n) is 32.2. The molecule has 10 aromatic rings. The fourth-order valence-electron chi connectivity index (χ4n) is 14.3. The number of hydrogen-bond acceptors (Lipinski definition) is 35. The molecular formula is C73H81Cl4F8N11O45P8. The van der Waals surface area contributed by atoms with Gasteiger partial charge in [-0.1, -0.05) is 118 Å². The van der Waals surface area contributed by atoms with E-state index in [2.05, 4.69) is 28.4 Å². The third-order valence-electron chi connectivity index (χ3n) is 22.3. The molecule has 10 heterocycles. The minimum atomic E-state index is -6.41. The molecule has 4 saturated heterocycles. The van der Waals surface area contributed by atoms with Gasteiger partial charge in [0.25, 0.3) is 28.2 Å². The van der Waals surface area contributed by atoms with E-state index in [1.54, 1.807) is 60.3 Å². The monoisotopic (exact) mass is 2370 g/mol. The number of alkyl halides is 10. The van der Waals surface area contributed by atoms with Gasteiger partial charge in [0.2, 0.25) is 0 Å². The predicted octanol–water partition coefficient (Wildman–Crippen LogP) is 0.751. The van der Waals surface area contributed by atoms with Gasteiger partial charge >= 0.3 is 102 Å². The zero-order chi connectivity index (χ0) is 111. The van der Waals surface area contributed by atoms with Gasteiger partial charge in [0, 0.05) is 85.0 Å². The number of aliphatic hydroxyl groups excluding tert-OH is 8. The van der Waals surface area contributed by atoms with E-state index in [0.29, 0.717) is 41.8 Å². The molecule has 8 unspecified atom stereocenters. The number of benzene rings is 4. The van der Waals surface area contributed by atoms with Gasteiger partial charge in [-0.3, -0.25) is 96.9 Å². The van der Waals surface area contributed by atoms with Gasteiger partial charge in [0.05, 0.1) is 57.3 Å². The zero-order valence-corrected chi connectivity index (χ0v) is 84.3. The summed E-state index contributed by atoms with van der Waals surface area (Å²) in [5.74, 6) is -5.35. The Bertz CT molecular complexity index is 7600. The number of hydrogen-bond donors (Lipinski definition) is 20. The third kappa shape index (κ3) is 25.3. The van der Waals surface area contributed by atoms with Gasteiger partial charge < -0.3 is 141 Å². The third-order valence-corrected chi connectivity index (χ3v) is 41.2. The van der Waals surface area contributed by atoms with Crippen molar-refractivity contribution in [2.24, 2.45) is 7.05 Å². The van der Waals surface area contributed by atoms with Crippen LogP contribution in [0.1, 0.15) is 47.4 Å². The maximum absolute atomic E-state index is 14.7. The van der Waals surface area contributed by atoms with Crippen LogP contribution in [0.4, 0.5) is 35.1 Å². The second kappa shape index (κ2) is 45.7. The molecule has 6 aromatic heterocycles. The summed E-state index contributed by atoms with van der Waals surface area (Å²) >= 11 is 21.2. The molecule has 0 saturated carbocycles. The summed E-state index contributed by atoms with van der Waals surface area (Å²) in [5.41, 5.74) is -6.49. The fraction of sp³-hybridized carbons (Fsp3) is 0.425. The quantitative estimate of drug-likeness (QED) is 0.0150. The maximum atomic E-state index is 14.7. The van der Waals surface area contributed by atoms with Gasteiger partial charge in [0.15, 0.2) is 30.5 Å². The van der Waals surface area contributed by atoms with Gasteiger partial charge in [-0.05, 0) is 36.2 Å². The van der Waals surface area contributed by atoms with Crippen molar-refractivity contribution in [3.8, 4) is 0 Å². The average molecular weight is 2370 g/mol. The highest BCUT2D eigenvalue weighted by molar-refractivity contribution is 7.79. The molecule has 4 aliphatic heterocycles. The first-order valence-corrected chi connectivity index (χ1v) is 55.5. The minimum absolute atomic E-state index is 0.0197. The van der Waals surface area contributed by atoms with Gasteiger partial charge in [-0.15, -0.1) is 0 Å². The van der Waals surface area contributed by atoms with Crippen molar-refractivity contribution in [1.82, 2.24) is 51.5 Å². The lowest BCUT2D eigenvalue weighted by molar-refractivity contribution is -0.0555. The Labute approximate surface area is 841 Å². The largest absolute Gasteiger partial charge is 0.443 e. The highest BCUT2D eigenvalue weighted by Crippen LogP contribution is 2.78. The Morgan fingerprint density at radius 3 is 1.09 bits per heavy atom. The molecule has 0 aliphatic carbocycles. The first kappa shape index (κ1) is 121. The maximum Gasteiger partial charge on any atom is 0.443 e. The van der Waals surface area contributed by atoms with E-state index in [1.807, 2.05) is 0 Å². The van der Waals surface area contributed by atoms with E-state index in [9.17, 15) is 170 Å². The summed E-state index contributed by atoms with van der Waals surface area (Å²) in [6, 6.07) is 26.4.